The predicted octanol–water partition coefficient (Wildman–Crippen LogP) is 2.05. The number of rotatable bonds is 3. The fourth-order valence-corrected chi connectivity index (χ4v) is 3.18. The maximum Gasteiger partial charge on any atom is 0.433 e. The summed E-state index contributed by atoms with van der Waals surface area (Å²) in [4.78, 5) is 21.6. The number of hydrogen-bond donors (Lipinski definition) is 1. The molecule has 11 heteroatoms. The van der Waals surface area contributed by atoms with Gasteiger partial charge in [-0.1, -0.05) is 4.49 Å². The van der Waals surface area contributed by atoms with Crippen LogP contribution in [-0.4, -0.2) is 44.6 Å². The zero-order valence-electron chi connectivity index (χ0n) is 13.2. The van der Waals surface area contributed by atoms with E-state index in [0.29, 0.717) is 36.5 Å². The molecule has 0 aromatic carbocycles. The van der Waals surface area contributed by atoms with Crippen molar-refractivity contribution < 1.29 is 18.0 Å². The number of aryl methyl sites for hydroxylation is 1. The highest BCUT2D eigenvalue weighted by Gasteiger charge is 2.33. The van der Waals surface area contributed by atoms with Gasteiger partial charge < -0.3 is 10.2 Å². The molecule has 1 fully saturated rings. The molecule has 1 aliphatic rings. The molecule has 1 aliphatic heterocycles. The lowest BCUT2D eigenvalue weighted by atomic mass is 10.0. The number of nitrogens with zero attached hydrogens (tertiary/aromatic N) is 5. The van der Waals surface area contributed by atoms with E-state index in [0.717, 1.165) is 23.9 Å². The lowest BCUT2D eigenvalue weighted by molar-refractivity contribution is -0.141. The van der Waals surface area contributed by atoms with Gasteiger partial charge in [0.05, 0.1) is 5.69 Å². The largest absolute Gasteiger partial charge is 0.433 e. The topological polar surface area (TPSA) is 83.9 Å². The summed E-state index contributed by atoms with van der Waals surface area (Å²) in [6.07, 6.45) is -2.35. The molecule has 3 rings (SSSR count). The van der Waals surface area contributed by atoms with Crippen molar-refractivity contribution in [1.29, 1.82) is 0 Å². The number of carbonyl (C=O) groups is 1. The molecule has 2 aromatic rings. The van der Waals surface area contributed by atoms with Crippen molar-refractivity contribution in [2.75, 3.05) is 18.0 Å². The minimum Gasteiger partial charge on any atom is -0.356 e. The van der Waals surface area contributed by atoms with Gasteiger partial charge in [0.25, 0.3) is 5.91 Å². The molecular formula is C14H15F3N6OS. The average Bonchev–Trinajstić information content (AvgIpc) is 3.01. The molecule has 134 valence electrons. The van der Waals surface area contributed by atoms with Crippen molar-refractivity contribution in [3.63, 3.8) is 0 Å². The summed E-state index contributed by atoms with van der Waals surface area (Å²) in [5.74, 6) is 0.0296. The Morgan fingerprint density at radius 2 is 2.04 bits per heavy atom. The van der Waals surface area contributed by atoms with Gasteiger partial charge in [0.15, 0.2) is 0 Å². The zero-order chi connectivity index (χ0) is 18.0. The third kappa shape index (κ3) is 4.03. The van der Waals surface area contributed by atoms with Gasteiger partial charge in [0, 0.05) is 25.2 Å². The summed E-state index contributed by atoms with van der Waals surface area (Å²) in [6, 6.07) is 0.903. The molecule has 0 spiro atoms. The van der Waals surface area contributed by atoms with Crippen LogP contribution < -0.4 is 10.2 Å². The highest BCUT2D eigenvalue weighted by Crippen LogP contribution is 2.29. The number of piperidine rings is 1. The Kier molecular flexibility index (Phi) is 4.84. The number of amides is 1. The summed E-state index contributed by atoms with van der Waals surface area (Å²) < 4.78 is 42.0. The van der Waals surface area contributed by atoms with Gasteiger partial charge in [0.2, 0.25) is 0 Å². The first-order valence-electron chi connectivity index (χ1n) is 7.58. The van der Waals surface area contributed by atoms with Crippen LogP contribution >= 0.6 is 11.5 Å². The van der Waals surface area contributed by atoms with Gasteiger partial charge in [-0.05, 0) is 31.3 Å². The number of carbonyl (C=O) groups excluding carboxylic acids is 1. The molecule has 1 amide bonds. The van der Waals surface area contributed by atoms with Crippen LogP contribution in [0.25, 0.3) is 0 Å². The van der Waals surface area contributed by atoms with Crippen LogP contribution in [0.2, 0.25) is 0 Å². The molecule has 0 radical (unpaired) electrons. The van der Waals surface area contributed by atoms with Crippen LogP contribution in [-0.2, 0) is 6.18 Å². The van der Waals surface area contributed by atoms with Gasteiger partial charge >= 0.3 is 6.18 Å². The first kappa shape index (κ1) is 17.5. The predicted molar refractivity (Wildman–Crippen MR) is 84.4 cm³/mol. The average molecular weight is 372 g/mol. The van der Waals surface area contributed by atoms with Gasteiger partial charge in [-0.3, -0.25) is 4.79 Å². The monoisotopic (exact) mass is 372 g/mol. The summed E-state index contributed by atoms with van der Waals surface area (Å²) in [5.41, 5.74) is -0.373. The fourth-order valence-electron chi connectivity index (χ4n) is 2.62. The minimum atomic E-state index is -4.50. The number of nitrogens with one attached hydrogen (secondary N) is 1. The molecule has 0 aliphatic carbocycles. The van der Waals surface area contributed by atoms with Crippen molar-refractivity contribution in [3.05, 3.63) is 28.7 Å². The Balaban J connectivity index is 1.59. The van der Waals surface area contributed by atoms with Crippen LogP contribution in [0, 0.1) is 6.92 Å². The number of anilines is 1. The number of alkyl halides is 3. The molecule has 0 saturated carbocycles. The van der Waals surface area contributed by atoms with Crippen LogP contribution in [0.4, 0.5) is 19.0 Å². The molecule has 2 aromatic heterocycles. The Morgan fingerprint density at radius 3 is 2.64 bits per heavy atom. The van der Waals surface area contributed by atoms with E-state index in [1.165, 1.54) is 0 Å². The molecule has 0 unspecified atom stereocenters. The molecule has 7 nitrogen and oxygen atoms in total. The highest BCUT2D eigenvalue weighted by atomic mass is 32.1. The van der Waals surface area contributed by atoms with Gasteiger partial charge in [-0.2, -0.15) is 13.2 Å². The second kappa shape index (κ2) is 6.90. The van der Waals surface area contributed by atoms with E-state index in [-0.39, 0.29) is 17.8 Å². The number of halogens is 3. The number of hydrogen-bond acceptors (Lipinski definition) is 7. The Morgan fingerprint density at radius 1 is 1.32 bits per heavy atom. The van der Waals surface area contributed by atoms with Crippen molar-refractivity contribution in [3.8, 4) is 0 Å². The van der Waals surface area contributed by atoms with E-state index in [9.17, 15) is 18.0 Å². The van der Waals surface area contributed by atoms with Gasteiger partial charge in [-0.15, -0.1) is 5.10 Å². The maximum absolute atomic E-state index is 12.7. The maximum atomic E-state index is 12.7. The van der Waals surface area contributed by atoms with E-state index < -0.39 is 11.9 Å². The smallest absolute Gasteiger partial charge is 0.356 e. The Bertz CT molecular complexity index is 757. The highest BCUT2D eigenvalue weighted by molar-refractivity contribution is 7.08. The molecule has 1 saturated heterocycles. The molecule has 1 N–H and O–H groups in total. The normalized spacial score (nSPS) is 16.1. The van der Waals surface area contributed by atoms with Crippen molar-refractivity contribution in [2.45, 2.75) is 32.0 Å². The van der Waals surface area contributed by atoms with Crippen molar-refractivity contribution >= 4 is 23.3 Å². The Labute approximate surface area is 145 Å². The molecular weight excluding hydrogens is 357 g/mol. The first-order valence-corrected chi connectivity index (χ1v) is 8.36. The van der Waals surface area contributed by atoms with Crippen molar-refractivity contribution in [1.82, 2.24) is 24.9 Å². The molecule has 3 heterocycles. The third-order valence-electron chi connectivity index (χ3n) is 3.96. The van der Waals surface area contributed by atoms with Crippen LogP contribution in [0.15, 0.2) is 12.4 Å². The summed E-state index contributed by atoms with van der Waals surface area (Å²) in [5, 5.41) is 6.73. The summed E-state index contributed by atoms with van der Waals surface area (Å²) in [7, 11) is 0. The second-order valence-corrected chi connectivity index (χ2v) is 6.44. The SMILES string of the molecule is Cc1nnsc1C(=O)NC1CCN(c2cc(C(F)(F)F)ncn2)CC1. The van der Waals surface area contributed by atoms with Gasteiger partial charge in [-0.25, -0.2) is 9.97 Å². The van der Waals surface area contributed by atoms with E-state index >= 15 is 0 Å². The van der Waals surface area contributed by atoms with Crippen LogP contribution in [0.1, 0.15) is 33.9 Å². The van der Waals surface area contributed by atoms with Crippen LogP contribution in [0.3, 0.4) is 0 Å². The molecule has 0 atom stereocenters. The lowest BCUT2D eigenvalue weighted by Gasteiger charge is -2.33. The van der Waals surface area contributed by atoms with Crippen molar-refractivity contribution in [2.24, 2.45) is 0 Å². The Hall–Kier alpha value is -2.30. The molecule has 25 heavy (non-hydrogen) atoms. The molecule has 0 bridgehead atoms. The number of aromatic nitrogens is 4. The zero-order valence-corrected chi connectivity index (χ0v) is 14.1. The van der Waals surface area contributed by atoms with E-state index in [1.54, 1.807) is 11.8 Å². The lowest BCUT2D eigenvalue weighted by Crippen LogP contribution is -2.45. The van der Waals surface area contributed by atoms with Gasteiger partial charge in [0.1, 0.15) is 22.7 Å². The quantitative estimate of drug-likeness (QED) is 0.888. The van der Waals surface area contributed by atoms with Crippen LogP contribution in [0.5, 0.6) is 0 Å². The first-order chi connectivity index (χ1) is 11.8. The standard InChI is InChI=1S/C14H15F3N6OS/c1-8-12(25-22-21-8)13(24)20-9-2-4-23(5-3-9)11-6-10(14(15,16)17)18-7-19-11/h6-7,9H,2-5H2,1H3,(H,20,24). The van der Waals surface area contributed by atoms with E-state index in [2.05, 4.69) is 24.9 Å². The van der Waals surface area contributed by atoms with E-state index in [4.69, 9.17) is 0 Å². The summed E-state index contributed by atoms with van der Waals surface area (Å²) in [6.45, 7) is 2.72. The minimum absolute atomic E-state index is 0.0471. The fraction of sp³-hybridized carbons (Fsp3) is 0.500. The second-order valence-electron chi connectivity index (χ2n) is 5.68. The third-order valence-corrected chi connectivity index (χ3v) is 4.78. The summed E-state index contributed by atoms with van der Waals surface area (Å²) >= 11 is 1.04. The van der Waals surface area contributed by atoms with E-state index in [1.807, 2.05) is 0 Å².